The molecule has 4 nitrogen and oxygen atoms in total. The maximum atomic E-state index is 11.2. The monoisotopic (exact) mass is 267 g/mol. The Kier molecular flexibility index (Phi) is 3.14. The van der Waals surface area contributed by atoms with Gasteiger partial charge in [0.05, 0.1) is 23.4 Å². The van der Waals surface area contributed by atoms with Gasteiger partial charge in [0.15, 0.2) is 6.29 Å². The molecule has 2 aromatic heterocycles. The van der Waals surface area contributed by atoms with E-state index in [-0.39, 0.29) is 0 Å². The largest absolute Gasteiger partial charge is 0.341 e. The van der Waals surface area contributed by atoms with E-state index in [0.717, 1.165) is 47.2 Å². The Morgan fingerprint density at radius 3 is 2.90 bits per heavy atom. The van der Waals surface area contributed by atoms with E-state index in [1.54, 1.807) is 0 Å². The second kappa shape index (κ2) is 4.96. The number of para-hydroxylation sites is 1. The zero-order chi connectivity index (χ0) is 14.1. The summed E-state index contributed by atoms with van der Waals surface area (Å²) in [6.07, 6.45) is 2.95. The van der Waals surface area contributed by atoms with Crippen molar-refractivity contribution in [3.63, 3.8) is 0 Å². The fourth-order valence-electron chi connectivity index (χ4n) is 2.69. The third kappa shape index (κ3) is 2.03. The summed E-state index contributed by atoms with van der Waals surface area (Å²) in [5.74, 6) is 0. The molecule has 4 heteroatoms. The number of nitrogens with zero attached hydrogens (tertiary/aromatic N) is 3. The van der Waals surface area contributed by atoms with Crippen molar-refractivity contribution in [3.05, 3.63) is 53.5 Å². The normalized spacial score (nSPS) is 11.1. The Balaban J connectivity index is 2.08. The number of carbonyl (C=O) groups excluding carboxylic acids is 1. The van der Waals surface area contributed by atoms with E-state index in [0.29, 0.717) is 0 Å². The predicted octanol–water partition coefficient (Wildman–Crippen LogP) is 3.03. The van der Waals surface area contributed by atoms with E-state index in [1.165, 1.54) is 0 Å². The van der Waals surface area contributed by atoms with Crippen LogP contribution in [0.15, 0.2) is 36.5 Å². The van der Waals surface area contributed by atoms with Gasteiger partial charge in [0.2, 0.25) is 0 Å². The summed E-state index contributed by atoms with van der Waals surface area (Å²) in [5.41, 5.74) is 3.90. The standard InChI is InChI=1S/C16H17N3O/c1-3-19-15(9-12(2)17-19)10-18-8-7-13-5-4-6-14(11-20)16(13)18/h4-9,11H,3,10H2,1-2H3. The molecule has 0 atom stereocenters. The molecule has 0 amide bonds. The third-order valence-corrected chi connectivity index (χ3v) is 3.56. The van der Waals surface area contributed by atoms with Gasteiger partial charge in [-0.3, -0.25) is 9.48 Å². The fourth-order valence-corrected chi connectivity index (χ4v) is 2.69. The average Bonchev–Trinajstić information content (AvgIpc) is 3.03. The third-order valence-electron chi connectivity index (χ3n) is 3.56. The maximum absolute atomic E-state index is 11.2. The number of rotatable bonds is 4. The predicted molar refractivity (Wildman–Crippen MR) is 79.1 cm³/mol. The molecule has 0 radical (unpaired) electrons. The van der Waals surface area contributed by atoms with Crippen molar-refractivity contribution in [2.75, 3.05) is 0 Å². The zero-order valence-corrected chi connectivity index (χ0v) is 11.7. The first kappa shape index (κ1) is 12.7. The molecule has 0 aliphatic rings. The first-order chi connectivity index (χ1) is 9.72. The molecule has 0 aliphatic carbocycles. The van der Waals surface area contributed by atoms with Crippen LogP contribution in [-0.2, 0) is 13.1 Å². The molecule has 20 heavy (non-hydrogen) atoms. The Bertz CT molecular complexity index is 767. The fraction of sp³-hybridized carbons (Fsp3) is 0.250. The Hall–Kier alpha value is -2.36. The number of benzene rings is 1. The van der Waals surface area contributed by atoms with Crippen LogP contribution in [0.4, 0.5) is 0 Å². The summed E-state index contributed by atoms with van der Waals surface area (Å²) in [6, 6.07) is 9.94. The number of hydrogen-bond donors (Lipinski definition) is 0. The number of carbonyl (C=O) groups is 1. The van der Waals surface area contributed by atoms with Gasteiger partial charge in [-0.15, -0.1) is 0 Å². The van der Waals surface area contributed by atoms with Crippen molar-refractivity contribution < 1.29 is 4.79 Å². The molecular weight excluding hydrogens is 250 g/mol. The first-order valence-corrected chi connectivity index (χ1v) is 6.79. The molecule has 3 aromatic rings. The molecule has 0 N–H and O–H groups in total. The van der Waals surface area contributed by atoms with Crippen LogP contribution in [0.5, 0.6) is 0 Å². The zero-order valence-electron chi connectivity index (χ0n) is 11.7. The van der Waals surface area contributed by atoms with Crippen LogP contribution < -0.4 is 0 Å². The SMILES string of the molecule is CCn1nc(C)cc1Cn1ccc2cccc(C=O)c21. The molecule has 0 aliphatic heterocycles. The average molecular weight is 267 g/mol. The van der Waals surface area contributed by atoms with Crippen molar-refractivity contribution >= 4 is 17.2 Å². The van der Waals surface area contributed by atoms with Crippen LogP contribution in [0.1, 0.15) is 28.7 Å². The van der Waals surface area contributed by atoms with Gasteiger partial charge in [0.1, 0.15) is 0 Å². The highest BCUT2D eigenvalue weighted by molar-refractivity contribution is 5.96. The summed E-state index contributed by atoms with van der Waals surface area (Å²) < 4.78 is 4.12. The lowest BCUT2D eigenvalue weighted by atomic mass is 10.1. The van der Waals surface area contributed by atoms with E-state index in [4.69, 9.17) is 0 Å². The highest BCUT2D eigenvalue weighted by Crippen LogP contribution is 2.20. The Morgan fingerprint density at radius 2 is 2.15 bits per heavy atom. The van der Waals surface area contributed by atoms with E-state index in [1.807, 2.05) is 42.1 Å². The van der Waals surface area contributed by atoms with Gasteiger partial charge < -0.3 is 4.57 Å². The van der Waals surface area contributed by atoms with Crippen molar-refractivity contribution in [2.24, 2.45) is 0 Å². The molecule has 0 spiro atoms. The van der Waals surface area contributed by atoms with Gasteiger partial charge >= 0.3 is 0 Å². The summed E-state index contributed by atoms with van der Waals surface area (Å²) in [6.45, 7) is 5.66. The van der Waals surface area contributed by atoms with Crippen molar-refractivity contribution in [1.29, 1.82) is 0 Å². The van der Waals surface area contributed by atoms with Gasteiger partial charge in [-0.25, -0.2) is 0 Å². The molecule has 0 saturated carbocycles. The van der Waals surface area contributed by atoms with Crippen molar-refractivity contribution in [3.8, 4) is 0 Å². The quantitative estimate of drug-likeness (QED) is 0.682. The summed E-state index contributed by atoms with van der Waals surface area (Å²) in [5, 5.41) is 5.56. The van der Waals surface area contributed by atoms with Crippen LogP contribution in [-0.4, -0.2) is 20.6 Å². The number of aromatic nitrogens is 3. The summed E-state index contributed by atoms with van der Waals surface area (Å²) in [7, 11) is 0. The Morgan fingerprint density at radius 1 is 1.30 bits per heavy atom. The molecule has 1 aromatic carbocycles. The smallest absolute Gasteiger partial charge is 0.152 e. The second-order valence-corrected chi connectivity index (χ2v) is 4.94. The number of hydrogen-bond acceptors (Lipinski definition) is 2. The van der Waals surface area contributed by atoms with Crippen LogP contribution in [0.3, 0.4) is 0 Å². The molecule has 0 saturated heterocycles. The minimum Gasteiger partial charge on any atom is -0.341 e. The topological polar surface area (TPSA) is 39.8 Å². The maximum Gasteiger partial charge on any atom is 0.152 e. The molecule has 0 fully saturated rings. The first-order valence-electron chi connectivity index (χ1n) is 6.79. The second-order valence-electron chi connectivity index (χ2n) is 4.94. The molecular formula is C16H17N3O. The summed E-state index contributed by atoms with van der Waals surface area (Å²) in [4.78, 5) is 11.2. The van der Waals surface area contributed by atoms with Gasteiger partial charge in [-0.2, -0.15) is 5.10 Å². The van der Waals surface area contributed by atoms with Crippen LogP contribution in [0, 0.1) is 6.92 Å². The number of aldehydes is 1. The highest BCUT2D eigenvalue weighted by atomic mass is 16.1. The lowest BCUT2D eigenvalue weighted by Crippen LogP contribution is -2.07. The highest BCUT2D eigenvalue weighted by Gasteiger charge is 2.09. The number of fused-ring (bicyclic) bond motifs is 1. The Labute approximate surface area is 117 Å². The molecule has 0 bridgehead atoms. The minimum absolute atomic E-state index is 0.725. The lowest BCUT2D eigenvalue weighted by Gasteiger charge is -2.08. The van der Waals surface area contributed by atoms with Crippen LogP contribution in [0.2, 0.25) is 0 Å². The molecule has 3 rings (SSSR count). The minimum atomic E-state index is 0.725. The van der Waals surface area contributed by atoms with E-state index in [9.17, 15) is 4.79 Å². The van der Waals surface area contributed by atoms with Gasteiger partial charge in [0.25, 0.3) is 0 Å². The molecule has 2 heterocycles. The van der Waals surface area contributed by atoms with E-state index >= 15 is 0 Å². The lowest BCUT2D eigenvalue weighted by molar-refractivity contribution is 0.112. The van der Waals surface area contributed by atoms with Crippen molar-refractivity contribution in [2.45, 2.75) is 26.9 Å². The molecule has 102 valence electrons. The van der Waals surface area contributed by atoms with Gasteiger partial charge in [0, 0.05) is 23.7 Å². The molecule has 0 unspecified atom stereocenters. The van der Waals surface area contributed by atoms with Gasteiger partial charge in [-0.05, 0) is 32.0 Å². The van der Waals surface area contributed by atoms with E-state index in [2.05, 4.69) is 22.7 Å². The van der Waals surface area contributed by atoms with Gasteiger partial charge in [-0.1, -0.05) is 12.1 Å². The van der Waals surface area contributed by atoms with Crippen molar-refractivity contribution in [1.82, 2.24) is 14.3 Å². The van der Waals surface area contributed by atoms with Crippen LogP contribution >= 0.6 is 0 Å². The summed E-state index contributed by atoms with van der Waals surface area (Å²) >= 11 is 0. The number of aryl methyl sites for hydroxylation is 2. The van der Waals surface area contributed by atoms with Crippen LogP contribution in [0.25, 0.3) is 10.9 Å². The van der Waals surface area contributed by atoms with E-state index < -0.39 is 0 Å².